The molecule has 0 aliphatic carbocycles. The van der Waals surface area contributed by atoms with Gasteiger partial charge in [0.2, 0.25) is 0 Å². The van der Waals surface area contributed by atoms with Crippen LogP contribution in [-0.4, -0.2) is 25.7 Å². The summed E-state index contributed by atoms with van der Waals surface area (Å²) in [4.78, 5) is 6.00. The zero-order valence-corrected chi connectivity index (χ0v) is 14.1. The zero-order chi connectivity index (χ0) is 15.2. The van der Waals surface area contributed by atoms with Gasteiger partial charge in [-0.15, -0.1) is 11.3 Å². The van der Waals surface area contributed by atoms with Crippen LogP contribution in [0.25, 0.3) is 0 Å². The van der Waals surface area contributed by atoms with Crippen molar-refractivity contribution >= 4 is 11.3 Å². The van der Waals surface area contributed by atoms with Crippen molar-refractivity contribution in [2.75, 3.05) is 20.7 Å². The van der Waals surface area contributed by atoms with Gasteiger partial charge in [0.05, 0.1) is 17.8 Å². The largest absolute Gasteiger partial charge is 0.497 e. The molecule has 4 heteroatoms. The number of hydrogen-bond acceptors (Lipinski definition) is 4. The van der Waals surface area contributed by atoms with Crippen LogP contribution in [0, 0.1) is 19.8 Å². The van der Waals surface area contributed by atoms with Gasteiger partial charge < -0.3 is 10.1 Å². The Morgan fingerprint density at radius 1 is 1.29 bits per heavy atom. The smallest absolute Gasteiger partial charge is 0.119 e. The Labute approximate surface area is 131 Å². The lowest BCUT2D eigenvalue weighted by Crippen LogP contribution is -2.22. The van der Waals surface area contributed by atoms with Gasteiger partial charge in [0, 0.05) is 11.3 Å². The van der Waals surface area contributed by atoms with Gasteiger partial charge in [-0.05, 0) is 57.5 Å². The summed E-state index contributed by atoms with van der Waals surface area (Å²) in [5.41, 5.74) is 2.49. The first-order valence-electron chi connectivity index (χ1n) is 7.32. The first-order chi connectivity index (χ1) is 10.1. The van der Waals surface area contributed by atoms with Gasteiger partial charge in [0.1, 0.15) is 5.75 Å². The van der Waals surface area contributed by atoms with Crippen molar-refractivity contribution in [3.05, 3.63) is 45.4 Å². The summed E-state index contributed by atoms with van der Waals surface area (Å²) >= 11 is 1.82. The van der Waals surface area contributed by atoms with E-state index in [2.05, 4.69) is 42.3 Å². The third kappa shape index (κ3) is 4.55. The molecule has 0 radical (unpaired) electrons. The Bertz CT molecular complexity index is 560. The maximum atomic E-state index is 5.31. The summed E-state index contributed by atoms with van der Waals surface area (Å²) in [6.07, 6.45) is 2.06. The Hall–Kier alpha value is -1.39. The Morgan fingerprint density at radius 3 is 2.71 bits per heavy atom. The number of nitrogens with zero attached hydrogens (tertiary/aromatic N) is 1. The highest BCUT2D eigenvalue weighted by Crippen LogP contribution is 2.22. The zero-order valence-electron chi connectivity index (χ0n) is 13.3. The van der Waals surface area contributed by atoms with Crippen molar-refractivity contribution < 1.29 is 4.74 Å². The van der Waals surface area contributed by atoms with Gasteiger partial charge in [-0.25, -0.2) is 4.98 Å². The molecule has 1 aromatic heterocycles. The second kappa shape index (κ2) is 7.57. The van der Waals surface area contributed by atoms with E-state index in [4.69, 9.17) is 4.74 Å². The van der Waals surface area contributed by atoms with Crippen LogP contribution in [0.15, 0.2) is 24.3 Å². The molecule has 0 saturated carbocycles. The minimum Gasteiger partial charge on any atom is -0.497 e. The van der Waals surface area contributed by atoms with E-state index in [1.165, 1.54) is 21.1 Å². The molecule has 3 nitrogen and oxygen atoms in total. The molecule has 0 aliphatic rings. The van der Waals surface area contributed by atoms with E-state index in [-0.39, 0.29) is 0 Å². The number of aryl methyl sites for hydroxylation is 2. The van der Waals surface area contributed by atoms with Crippen LogP contribution in [0.4, 0.5) is 0 Å². The predicted molar refractivity (Wildman–Crippen MR) is 89.4 cm³/mol. The number of nitrogens with one attached hydrogen (secondary N) is 1. The van der Waals surface area contributed by atoms with Crippen LogP contribution < -0.4 is 10.1 Å². The minimum atomic E-state index is 0.548. The van der Waals surface area contributed by atoms with Gasteiger partial charge in [-0.1, -0.05) is 12.1 Å². The molecule has 0 fully saturated rings. The van der Waals surface area contributed by atoms with E-state index >= 15 is 0 Å². The number of benzene rings is 1. The van der Waals surface area contributed by atoms with Crippen LogP contribution in [0.5, 0.6) is 5.75 Å². The molecule has 0 spiro atoms. The second-order valence-corrected chi connectivity index (χ2v) is 6.72. The summed E-state index contributed by atoms with van der Waals surface area (Å²) in [7, 11) is 3.72. The summed E-state index contributed by atoms with van der Waals surface area (Å²) in [6.45, 7) is 5.23. The number of rotatable bonds is 7. The minimum absolute atomic E-state index is 0.548. The van der Waals surface area contributed by atoms with Crippen LogP contribution in [0.1, 0.15) is 21.1 Å². The number of methoxy groups -OCH3 is 1. The van der Waals surface area contributed by atoms with Gasteiger partial charge >= 0.3 is 0 Å². The van der Waals surface area contributed by atoms with Crippen LogP contribution in [0.2, 0.25) is 0 Å². The standard InChI is InChI=1S/C17H24N2OS/c1-12-13(2)21-17(19-12)10-15(11-18-3)8-14-6-5-7-16(9-14)20-4/h5-7,9,15,18H,8,10-11H2,1-4H3. The summed E-state index contributed by atoms with van der Waals surface area (Å²) in [5.74, 6) is 1.48. The summed E-state index contributed by atoms with van der Waals surface area (Å²) in [6, 6.07) is 8.34. The van der Waals surface area contributed by atoms with Crippen LogP contribution >= 0.6 is 11.3 Å². The normalized spacial score (nSPS) is 12.4. The highest BCUT2D eigenvalue weighted by Gasteiger charge is 2.14. The molecule has 114 valence electrons. The molecule has 1 aromatic carbocycles. The molecule has 0 bridgehead atoms. The van der Waals surface area contributed by atoms with Crippen molar-refractivity contribution in [3.63, 3.8) is 0 Å². The number of aromatic nitrogens is 1. The highest BCUT2D eigenvalue weighted by molar-refractivity contribution is 7.11. The third-order valence-corrected chi connectivity index (χ3v) is 4.78. The van der Waals surface area contributed by atoms with Gasteiger partial charge in [0.25, 0.3) is 0 Å². The Kier molecular flexibility index (Phi) is 5.76. The Balaban J connectivity index is 2.07. The Morgan fingerprint density at radius 2 is 2.10 bits per heavy atom. The van der Waals surface area contributed by atoms with Gasteiger partial charge in [0.15, 0.2) is 0 Å². The van der Waals surface area contributed by atoms with E-state index in [1.807, 2.05) is 24.5 Å². The molecular formula is C17H24N2OS. The summed E-state index contributed by atoms with van der Waals surface area (Å²) in [5, 5.41) is 4.55. The lowest BCUT2D eigenvalue weighted by atomic mass is 9.96. The number of ether oxygens (including phenoxy) is 1. The average molecular weight is 304 g/mol. The fourth-order valence-corrected chi connectivity index (χ4v) is 3.56. The van der Waals surface area contributed by atoms with Crippen molar-refractivity contribution in [2.45, 2.75) is 26.7 Å². The van der Waals surface area contributed by atoms with Crippen molar-refractivity contribution in [3.8, 4) is 5.75 Å². The molecule has 2 rings (SSSR count). The molecule has 0 saturated heterocycles. The maximum absolute atomic E-state index is 5.31. The molecule has 1 atom stereocenters. The van der Waals surface area contributed by atoms with Crippen LogP contribution in [0.3, 0.4) is 0 Å². The molecule has 0 aliphatic heterocycles. The predicted octanol–water partition coefficient (Wildman–Crippen LogP) is 3.39. The molecule has 1 N–H and O–H groups in total. The van der Waals surface area contributed by atoms with E-state index in [9.17, 15) is 0 Å². The number of hydrogen-bond donors (Lipinski definition) is 1. The quantitative estimate of drug-likeness (QED) is 0.851. The second-order valence-electron chi connectivity index (χ2n) is 5.43. The van der Waals surface area contributed by atoms with E-state index in [1.54, 1.807) is 7.11 Å². The van der Waals surface area contributed by atoms with E-state index < -0.39 is 0 Å². The third-order valence-electron chi connectivity index (χ3n) is 3.69. The van der Waals surface area contributed by atoms with E-state index in [0.29, 0.717) is 5.92 Å². The van der Waals surface area contributed by atoms with Gasteiger partial charge in [-0.2, -0.15) is 0 Å². The fraction of sp³-hybridized carbons (Fsp3) is 0.471. The molecule has 2 aromatic rings. The average Bonchev–Trinajstić information content (AvgIpc) is 2.77. The topological polar surface area (TPSA) is 34.1 Å². The van der Waals surface area contributed by atoms with Crippen molar-refractivity contribution in [1.82, 2.24) is 10.3 Å². The molecule has 0 amide bonds. The lowest BCUT2D eigenvalue weighted by Gasteiger charge is -2.15. The molecular weight excluding hydrogens is 280 g/mol. The molecule has 21 heavy (non-hydrogen) atoms. The van der Waals surface area contributed by atoms with Crippen LogP contribution in [-0.2, 0) is 12.8 Å². The summed E-state index contributed by atoms with van der Waals surface area (Å²) < 4.78 is 5.31. The number of thiazole rings is 1. The van der Waals surface area contributed by atoms with Crippen molar-refractivity contribution in [2.24, 2.45) is 5.92 Å². The fourth-order valence-electron chi connectivity index (χ4n) is 2.51. The molecule has 1 heterocycles. The van der Waals surface area contributed by atoms with Crippen molar-refractivity contribution in [1.29, 1.82) is 0 Å². The maximum Gasteiger partial charge on any atom is 0.119 e. The van der Waals surface area contributed by atoms with E-state index in [0.717, 1.165) is 25.1 Å². The SMILES string of the molecule is CNCC(Cc1cccc(OC)c1)Cc1nc(C)c(C)s1. The van der Waals surface area contributed by atoms with Gasteiger partial charge in [-0.3, -0.25) is 0 Å². The first-order valence-corrected chi connectivity index (χ1v) is 8.14. The lowest BCUT2D eigenvalue weighted by molar-refractivity contribution is 0.413. The first kappa shape index (κ1) is 16.0. The highest BCUT2D eigenvalue weighted by atomic mass is 32.1. The molecule has 1 unspecified atom stereocenters. The monoisotopic (exact) mass is 304 g/mol.